The van der Waals surface area contributed by atoms with Crippen molar-refractivity contribution in [2.24, 2.45) is 0 Å². The molecule has 0 saturated heterocycles. The highest BCUT2D eigenvalue weighted by molar-refractivity contribution is 5.69. The van der Waals surface area contributed by atoms with E-state index in [0.29, 0.717) is 13.0 Å². The molecule has 0 fully saturated rings. The van der Waals surface area contributed by atoms with Crippen LogP contribution in [0.1, 0.15) is 194 Å². The van der Waals surface area contributed by atoms with Gasteiger partial charge in [-0.15, -0.1) is 0 Å². The normalized spacial score (nSPS) is 12.8. The molecule has 1 atom stereocenters. The molecule has 47 heavy (non-hydrogen) atoms. The van der Waals surface area contributed by atoms with Gasteiger partial charge in [0.15, 0.2) is 0 Å². The standard InChI is InChI=1S/C43H78O4/c1-3-5-7-9-11-13-15-17-19-21-23-25-27-29-31-33-35-37-39-46-41-42(40-44)47-43(45)38-36-34-32-30-28-26-24-22-20-18-16-14-12-10-8-6-4-2/h6,8,12,14,17-20,42,44H,3-5,7,9-11,13,15-16,21-41H2,1-2H3/b8-6-,14-12-,19-17-,20-18-. The van der Waals surface area contributed by atoms with Crippen molar-refractivity contribution in [2.45, 2.75) is 200 Å². The average molecular weight is 659 g/mol. The van der Waals surface area contributed by atoms with E-state index in [4.69, 9.17) is 9.47 Å². The van der Waals surface area contributed by atoms with Gasteiger partial charge in [0, 0.05) is 13.0 Å². The van der Waals surface area contributed by atoms with Crippen LogP contribution in [-0.2, 0) is 14.3 Å². The van der Waals surface area contributed by atoms with Crippen LogP contribution in [0.25, 0.3) is 0 Å². The Morgan fingerprint density at radius 2 is 0.957 bits per heavy atom. The Morgan fingerprint density at radius 3 is 1.47 bits per heavy atom. The summed E-state index contributed by atoms with van der Waals surface area (Å²) in [5.41, 5.74) is 0. The minimum Gasteiger partial charge on any atom is -0.457 e. The third-order valence-corrected chi connectivity index (χ3v) is 8.64. The lowest BCUT2D eigenvalue weighted by Gasteiger charge is -2.16. The van der Waals surface area contributed by atoms with Crippen molar-refractivity contribution in [3.05, 3.63) is 48.6 Å². The second-order valence-corrected chi connectivity index (χ2v) is 13.3. The van der Waals surface area contributed by atoms with Gasteiger partial charge in [-0.2, -0.15) is 0 Å². The predicted molar refractivity (Wildman–Crippen MR) is 205 cm³/mol. The number of unbranched alkanes of at least 4 members (excludes halogenated alkanes) is 21. The molecule has 1 unspecified atom stereocenters. The number of allylic oxidation sites excluding steroid dienone is 8. The molecule has 0 aromatic rings. The first-order valence-electron chi connectivity index (χ1n) is 20.2. The van der Waals surface area contributed by atoms with E-state index >= 15 is 0 Å². The van der Waals surface area contributed by atoms with E-state index in [1.54, 1.807) is 0 Å². The highest BCUT2D eigenvalue weighted by Gasteiger charge is 2.13. The maximum Gasteiger partial charge on any atom is 0.306 e. The van der Waals surface area contributed by atoms with Crippen LogP contribution in [0.5, 0.6) is 0 Å². The Morgan fingerprint density at radius 1 is 0.532 bits per heavy atom. The fourth-order valence-electron chi connectivity index (χ4n) is 5.63. The average Bonchev–Trinajstić information content (AvgIpc) is 3.08. The largest absolute Gasteiger partial charge is 0.457 e. The van der Waals surface area contributed by atoms with E-state index in [1.807, 2.05) is 0 Å². The van der Waals surface area contributed by atoms with Crippen LogP contribution in [-0.4, -0.2) is 37.0 Å². The molecule has 1 N–H and O–H groups in total. The Bertz CT molecular complexity index is 738. The number of aliphatic hydroxyl groups is 1. The predicted octanol–water partition coefficient (Wildman–Crippen LogP) is 13.1. The maximum atomic E-state index is 12.2. The molecule has 0 aliphatic carbocycles. The summed E-state index contributed by atoms with van der Waals surface area (Å²) in [7, 11) is 0. The van der Waals surface area contributed by atoms with Gasteiger partial charge < -0.3 is 14.6 Å². The van der Waals surface area contributed by atoms with Gasteiger partial charge >= 0.3 is 5.97 Å². The fourth-order valence-corrected chi connectivity index (χ4v) is 5.63. The van der Waals surface area contributed by atoms with Gasteiger partial charge in [-0.05, 0) is 70.6 Å². The van der Waals surface area contributed by atoms with Crippen molar-refractivity contribution in [1.82, 2.24) is 0 Å². The molecule has 0 aliphatic rings. The minimum absolute atomic E-state index is 0.177. The minimum atomic E-state index is -0.541. The van der Waals surface area contributed by atoms with E-state index in [-0.39, 0.29) is 19.2 Å². The first-order chi connectivity index (χ1) is 23.2. The van der Waals surface area contributed by atoms with Crippen molar-refractivity contribution in [1.29, 1.82) is 0 Å². The summed E-state index contributed by atoms with van der Waals surface area (Å²) in [4.78, 5) is 12.2. The zero-order valence-electron chi connectivity index (χ0n) is 31.3. The first kappa shape index (κ1) is 45.3. The number of carbonyl (C=O) groups is 1. The van der Waals surface area contributed by atoms with Crippen LogP contribution in [0.4, 0.5) is 0 Å². The van der Waals surface area contributed by atoms with Crippen LogP contribution in [0.15, 0.2) is 48.6 Å². The number of ether oxygens (including phenoxy) is 2. The van der Waals surface area contributed by atoms with E-state index in [0.717, 1.165) is 38.5 Å². The lowest BCUT2D eigenvalue weighted by molar-refractivity contribution is -0.154. The molecule has 274 valence electrons. The fraction of sp³-hybridized carbons (Fsp3) is 0.791. The smallest absolute Gasteiger partial charge is 0.306 e. The monoisotopic (exact) mass is 659 g/mol. The molecule has 0 spiro atoms. The lowest BCUT2D eigenvalue weighted by Crippen LogP contribution is -2.27. The molecular weight excluding hydrogens is 580 g/mol. The summed E-state index contributed by atoms with van der Waals surface area (Å²) in [6.07, 6.45) is 51.6. The number of hydrogen-bond donors (Lipinski definition) is 1. The number of rotatable bonds is 37. The van der Waals surface area contributed by atoms with Gasteiger partial charge in [-0.3, -0.25) is 4.79 Å². The first-order valence-corrected chi connectivity index (χ1v) is 20.2. The quantitative estimate of drug-likeness (QED) is 0.0410. The van der Waals surface area contributed by atoms with Crippen LogP contribution in [0.3, 0.4) is 0 Å². The van der Waals surface area contributed by atoms with E-state index < -0.39 is 6.10 Å². The zero-order chi connectivity index (χ0) is 34.1. The van der Waals surface area contributed by atoms with E-state index in [2.05, 4.69) is 62.5 Å². The third-order valence-electron chi connectivity index (χ3n) is 8.64. The van der Waals surface area contributed by atoms with Crippen molar-refractivity contribution >= 4 is 5.97 Å². The Balaban J connectivity index is 3.45. The molecule has 0 aromatic heterocycles. The zero-order valence-corrected chi connectivity index (χ0v) is 31.3. The number of esters is 1. The SMILES string of the molecule is CC/C=C\C/C=C\C/C=C\CCCCCCCCCC(=O)OC(CO)COCCCCCCCCCC/C=C\CCCCCCCC. The molecule has 0 amide bonds. The number of hydrogen-bond acceptors (Lipinski definition) is 4. The molecule has 0 aliphatic heterocycles. The summed E-state index contributed by atoms with van der Waals surface area (Å²) in [5, 5.41) is 9.58. The third kappa shape index (κ3) is 38.7. The van der Waals surface area contributed by atoms with Crippen molar-refractivity contribution in [3.63, 3.8) is 0 Å². The molecule has 4 nitrogen and oxygen atoms in total. The van der Waals surface area contributed by atoms with Crippen LogP contribution in [0.2, 0.25) is 0 Å². The summed E-state index contributed by atoms with van der Waals surface area (Å²) >= 11 is 0. The molecule has 0 rings (SSSR count). The second kappa shape index (κ2) is 40.5. The summed E-state index contributed by atoms with van der Waals surface area (Å²) < 4.78 is 11.1. The molecule has 4 heteroatoms. The molecule has 0 saturated carbocycles. The van der Waals surface area contributed by atoms with Gasteiger partial charge in [-0.1, -0.05) is 165 Å². The van der Waals surface area contributed by atoms with Gasteiger partial charge in [0.2, 0.25) is 0 Å². The molecule has 0 heterocycles. The number of aliphatic hydroxyl groups excluding tert-OH is 1. The van der Waals surface area contributed by atoms with Gasteiger partial charge in [0.25, 0.3) is 0 Å². The molecule has 0 aromatic carbocycles. The number of carbonyl (C=O) groups excluding carboxylic acids is 1. The second-order valence-electron chi connectivity index (χ2n) is 13.3. The van der Waals surface area contributed by atoms with Crippen molar-refractivity contribution in [3.8, 4) is 0 Å². The summed E-state index contributed by atoms with van der Waals surface area (Å²) in [5.74, 6) is -0.212. The van der Waals surface area contributed by atoms with E-state index in [1.165, 1.54) is 135 Å². The van der Waals surface area contributed by atoms with Crippen LogP contribution >= 0.6 is 0 Å². The van der Waals surface area contributed by atoms with Gasteiger partial charge in [0.05, 0.1) is 13.2 Å². The van der Waals surface area contributed by atoms with E-state index in [9.17, 15) is 9.90 Å². The topological polar surface area (TPSA) is 55.8 Å². The Kier molecular flexibility index (Phi) is 39.1. The molecule has 0 bridgehead atoms. The summed E-state index contributed by atoms with van der Waals surface area (Å²) in [6.45, 7) is 5.22. The summed E-state index contributed by atoms with van der Waals surface area (Å²) in [6, 6.07) is 0. The highest BCUT2D eigenvalue weighted by atomic mass is 16.6. The lowest BCUT2D eigenvalue weighted by atomic mass is 10.1. The highest BCUT2D eigenvalue weighted by Crippen LogP contribution is 2.13. The van der Waals surface area contributed by atoms with Crippen LogP contribution < -0.4 is 0 Å². The van der Waals surface area contributed by atoms with Crippen LogP contribution in [0, 0.1) is 0 Å². The van der Waals surface area contributed by atoms with Crippen molar-refractivity contribution in [2.75, 3.05) is 19.8 Å². The molecule has 0 radical (unpaired) electrons. The Labute approximate surface area is 292 Å². The molecular formula is C43H78O4. The van der Waals surface area contributed by atoms with Gasteiger partial charge in [0.1, 0.15) is 6.10 Å². The Hall–Kier alpha value is -1.65. The van der Waals surface area contributed by atoms with Gasteiger partial charge in [-0.25, -0.2) is 0 Å². The maximum absolute atomic E-state index is 12.2. The van der Waals surface area contributed by atoms with Crippen molar-refractivity contribution < 1.29 is 19.4 Å².